The summed E-state index contributed by atoms with van der Waals surface area (Å²) in [5.74, 6) is -0.0749. The number of benzene rings is 4. The molecule has 1 amide bonds. The maximum Gasteiger partial charge on any atom is 0.251 e. The molecule has 6 rings (SSSR count). The standard InChI is InChI=1S/C37H36ClN5O2/c1-25-18-26(2)31(19-30(25)32-20-33(38)43-35(39)42-32)34(44)40-21-36(23-45-24-36)22-41-37(27-12-6-3-7-13-27,28-14-8-4-9-15-28)29-16-10-5-11-17-29/h3-20,41H,21-24H2,1-2H3,(H,40,44)(H2,39,42,43). The van der Waals surface area contributed by atoms with Gasteiger partial charge in [0.05, 0.1) is 24.4 Å². The van der Waals surface area contributed by atoms with E-state index in [2.05, 4.69) is 93.4 Å². The van der Waals surface area contributed by atoms with Crippen LogP contribution in [0.5, 0.6) is 0 Å². The number of nitrogens with two attached hydrogens (primary N) is 1. The van der Waals surface area contributed by atoms with E-state index in [0.717, 1.165) is 33.4 Å². The first-order chi connectivity index (χ1) is 21.8. The number of hydrogen-bond donors (Lipinski definition) is 3. The summed E-state index contributed by atoms with van der Waals surface area (Å²) in [5, 5.41) is 7.45. The van der Waals surface area contributed by atoms with Gasteiger partial charge in [-0.2, -0.15) is 0 Å². The number of nitrogens with one attached hydrogen (secondary N) is 2. The second kappa shape index (κ2) is 12.8. The van der Waals surface area contributed by atoms with Gasteiger partial charge in [-0.15, -0.1) is 0 Å². The van der Waals surface area contributed by atoms with Gasteiger partial charge in [0.2, 0.25) is 5.95 Å². The number of nitrogens with zero attached hydrogens (tertiary/aromatic N) is 2. The molecule has 4 aromatic carbocycles. The van der Waals surface area contributed by atoms with Gasteiger partial charge in [-0.05, 0) is 47.7 Å². The van der Waals surface area contributed by atoms with E-state index in [1.165, 1.54) is 0 Å². The van der Waals surface area contributed by atoms with Crippen molar-refractivity contribution in [3.05, 3.63) is 148 Å². The molecule has 1 fully saturated rings. The summed E-state index contributed by atoms with van der Waals surface area (Å²) in [4.78, 5) is 22.0. The molecule has 228 valence electrons. The Morgan fingerprint density at radius 2 is 1.38 bits per heavy atom. The largest absolute Gasteiger partial charge is 0.380 e. The maximum absolute atomic E-state index is 13.7. The fourth-order valence-corrected chi connectivity index (χ4v) is 6.35. The first-order valence-electron chi connectivity index (χ1n) is 15.0. The van der Waals surface area contributed by atoms with E-state index in [1.807, 2.05) is 44.2 Å². The molecule has 1 aliphatic rings. The van der Waals surface area contributed by atoms with Crippen LogP contribution >= 0.6 is 11.6 Å². The first kappa shape index (κ1) is 30.5. The molecule has 0 spiro atoms. The summed E-state index contributed by atoms with van der Waals surface area (Å²) < 4.78 is 5.77. The SMILES string of the molecule is Cc1cc(C)c(-c2cc(Cl)nc(N)n2)cc1C(=O)NCC1(CNC(c2ccccc2)(c2ccccc2)c2ccccc2)COC1. The number of hydrogen-bond acceptors (Lipinski definition) is 6. The number of rotatable bonds is 10. The highest BCUT2D eigenvalue weighted by Gasteiger charge is 2.43. The zero-order chi connectivity index (χ0) is 31.4. The number of halogens is 1. The lowest BCUT2D eigenvalue weighted by Gasteiger charge is -2.46. The summed E-state index contributed by atoms with van der Waals surface area (Å²) in [5.41, 5.74) is 12.1. The van der Waals surface area contributed by atoms with E-state index < -0.39 is 5.54 Å². The minimum Gasteiger partial charge on any atom is -0.380 e. The Labute approximate surface area is 268 Å². The summed E-state index contributed by atoms with van der Waals surface area (Å²) in [6.07, 6.45) is 0. The van der Waals surface area contributed by atoms with Crippen LogP contribution < -0.4 is 16.4 Å². The smallest absolute Gasteiger partial charge is 0.251 e. The van der Waals surface area contributed by atoms with Gasteiger partial charge in [0.15, 0.2) is 0 Å². The third kappa shape index (κ3) is 6.20. The molecule has 7 nitrogen and oxygen atoms in total. The normalized spacial score (nSPS) is 14.0. The van der Waals surface area contributed by atoms with Gasteiger partial charge in [0.25, 0.3) is 5.91 Å². The van der Waals surface area contributed by atoms with Crippen LogP contribution in [0.4, 0.5) is 5.95 Å². The summed E-state index contributed by atoms with van der Waals surface area (Å²) in [7, 11) is 0. The van der Waals surface area contributed by atoms with Crippen LogP contribution in [-0.2, 0) is 10.3 Å². The van der Waals surface area contributed by atoms with Crippen molar-refractivity contribution < 1.29 is 9.53 Å². The van der Waals surface area contributed by atoms with Gasteiger partial charge in [-0.1, -0.05) is 109 Å². The average Bonchev–Trinajstić information content (AvgIpc) is 3.03. The predicted octanol–water partition coefficient (Wildman–Crippen LogP) is 6.32. The Bertz CT molecular complexity index is 1680. The minimum absolute atomic E-state index is 0.0838. The second-order valence-corrected chi connectivity index (χ2v) is 12.2. The number of carbonyl (C=O) groups is 1. The van der Waals surface area contributed by atoms with Crippen LogP contribution in [-0.4, -0.2) is 42.2 Å². The molecule has 0 saturated carbocycles. The summed E-state index contributed by atoms with van der Waals surface area (Å²) in [6.45, 7) is 6.04. The molecule has 0 aliphatic carbocycles. The molecule has 0 unspecified atom stereocenters. The Morgan fingerprint density at radius 1 is 0.822 bits per heavy atom. The predicted molar refractivity (Wildman–Crippen MR) is 179 cm³/mol. The lowest BCUT2D eigenvalue weighted by molar-refractivity contribution is -0.109. The van der Waals surface area contributed by atoms with E-state index >= 15 is 0 Å². The van der Waals surface area contributed by atoms with Crippen LogP contribution in [0.2, 0.25) is 5.15 Å². The lowest BCUT2D eigenvalue weighted by atomic mass is 9.75. The van der Waals surface area contributed by atoms with Crippen LogP contribution in [0.15, 0.2) is 109 Å². The van der Waals surface area contributed by atoms with E-state index in [-0.39, 0.29) is 22.4 Å². The number of carbonyl (C=O) groups excluding carboxylic acids is 1. The third-order valence-corrected chi connectivity index (χ3v) is 8.79. The number of nitrogen functional groups attached to an aromatic ring is 1. The number of aryl methyl sites for hydroxylation is 2. The highest BCUT2D eigenvalue weighted by molar-refractivity contribution is 6.29. The molecule has 0 bridgehead atoms. The fourth-order valence-electron chi connectivity index (χ4n) is 6.16. The molecule has 2 heterocycles. The van der Waals surface area contributed by atoms with Crippen molar-refractivity contribution in [2.75, 3.05) is 32.0 Å². The zero-order valence-electron chi connectivity index (χ0n) is 25.4. The topological polar surface area (TPSA) is 102 Å². The van der Waals surface area contributed by atoms with Crippen LogP contribution in [0.1, 0.15) is 38.2 Å². The van der Waals surface area contributed by atoms with Gasteiger partial charge in [-0.3, -0.25) is 10.1 Å². The van der Waals surface area contributed by atoms with Crippen molar-refractivity contribution in [3.8, 4) is 11.3 Å². The van der Waals surface area contributed by atoms with Crippen LogP contribution in [0, 0.1) is 19.3 Å². The Hall–Kier alpha value is -4.56. The Morgan fingerprint density at radius 3 is 1.87 bits per heavy atom. The average molecular weight is 618 g/mol. The highest BCUT2D eigenvalue weighted by atomic mass is 35.5. The summed E-state index contributed by atoms with van der Waals surface area (Å²) >= 11 is 6.16. The second-order valence-electron chi connectivity index (χ2n) is 11.8. The number of anilines is 1. The Kier molecular flexibility index (Phi) is 8.67. The molecule has 1 saturated heterocycles. The molecular formula is C37H36ClN5O2. The Balaban J connectivity index is 1.28. The monoisotopic (exact) mass is 617 g/mol. The quantitative estimate of drug-likeness (QED) is 0.125. The van der Waals surface area contributed by atoms with Gasteiger partial charge in [-0.25, -0.2) is 9.97 Å². The number of amides is 1. The molecule has 45 heavy (non-hydrogen) atoms. The van der Waals surface area contributed by atoms with Gasteiger partial charge >= 0.3 is 0 Å². The van der Waals surface area contributed by atoms with Crippen LogP contribution in [0.25, 0.3) is 11.3 Å². The summed E-state index contributed by atoms with van der Waals surface area (Å²) in [6, 6.07) is 37.0. The molecule has 0 radical (unpaired) electrons. The number of aromatic nitrogens is 2. The van der Waals surface area contributed by atoms with Crippen LogP contribution in [0.3, 0.4) is 0 Å². The molecular weight excluding hydrogens is 582 g/mol. The molecule has 5 aromatic rings. The van der Waals surface area contributed by atoms with E-state index in [9.17, 15) is 4.79 Å². The van der Waals surface area contributed by atoms with Crippen molar-refractivity contribution in [2.45, 2.75) is 19.4 Å². The van der Waals surface area contributed by atoms with Crippen molar-refractivity contribution in [3.63, 3.8) is 0 Å². The fraction of sp³-hybridized carbons (Fsp3) is 0.216. The molecule has 1 aromatic heterocycles. The van der Waals surface area contributed by atoms with Gasteiger partial charge < -0.3 is 15.8 Å². The lowest BCUT2D eigenvalue weighted by Crippen LogP contribution is -2.59. The molecule has 4 N–H and O–H groups in total. The van der Waals surface area contributed by atoms with E-state index in [0.29, 0.717) is 37.6 Å². The third-order valence-electron chi connectivity index (χ3n) is 8.59. The van der Waals surface area contributed by atoms with Crippen molar-refractivity contribution in [1.29, 1.82) is 0 Å². The highest BCUT2D eigenvalue weighted by Crippen LogP contribution is 2.38. The molecule has 1 aliphatic heterocycles. The van der Waals surface area contributed by atoms with E-state index in [4.69, 9.17) is 22.1 Å². The van der Waals surface area contributed by atoms with Gasteiger partial charge in [0.1, 0.15) is 5.15 Å². The maximum atomic E-state index is 13.7. The van der Waals surface area contributed by atoms with Gasteiger partial charge in [0, 0.05) is 35.7 Å². The van der Waals surface area contributed by atoms with Crippen molar-refractivity contribution in [1.82, 2.24) is 20.6 Å². The molecule has 8 heteroatoms. The first-order valence-corrected chi connectivity index (χ1v) is 15.4. The van der Waals surface area contributed by atoms with E-state index in [1.54, 1.807) is 6.07 Å². The van der Waals surface area contributed by atoms with Crippen molar-refractivity contribution in [2.24, 2.45) is 5.41 Å². The number of ether oxygens (including phenoxy) is 1. The molecule has 0 atom stereocenters. The minimum atomic E-state index is -0.612. The van der Waals surface area contributed by atoms with Crippen molar-refractivity contribution >= 4 is 23.5 Å². The zero-order valence-corrected chi connectivity index (χ0v) is 26.1.